The van der Waals surface area contributed by atoms with E-state index in [2.05, 4.69) is 15.1 Å². The van der Waals surface area contributed by atoms with Gasteiger partial charge in [0.1, 0.15) is 16.4 Å². The normalized spacial score (nSPS) is 15.6. The molecule has 0 unspecified atom stereocenters. The number of methoxy groups -OCH3 is 2. The molecular weight excluding hydrogens is 432 g/mol. The number of sulfonamides is 1. The van der Waals surface area contributed by atoms with Crippen LogP contribution in [-0.2, 0) is 16.4 Å². The lowest BCUT2D eigenvalue weighted by atomic mass is 10.2. The van der Waals surface area contributed by atoms with Crippen LogP contribution in [0.25, 0.3) is 11.5 Å². The Kier molecular flexibility index (Phi) is 6.73. The van der Waals surface area contributed by atoms with Gasteiger partial charge in [0.15, 0.2) is 0 Å². The zero-order valence-electron chi connectivity index (χ0n) is 18.1. The van der Waals surface area contributed by atoms with Gasteiger partial charge in [0.25, 0.3) is 0 Å². The smallest absolute Gasteiger partial charge is 0.247 e. The molecule has 2 heterocycles. The molecule has 0 spiro atoms. The Balaban J connectivity index is 1.34. The first-order chi connectivity index (χ1) is 15.5. The fraction of sp³-hybridized carbons (Fsp3) is 0.364. The number of nitrogens with zero attached hydrogens (tertiary/aromatic N) is 4. The average molecular weight is 459 g/mol. The van der Waals surface area contributed by atoms with Crippen molar-refractivity contribution in [2.45, 2.75) is 11.3 Å². The number of aromatic nitrogens is 2. The minimum absolute atomic E-state index is 0.147. The molecule has 1 aromatic heterocycles. The SMILES string of the molecule is COc1ccc(S(=O)(=O)N2CCN(CCc3nnc(-c4ccccc4)o3)CC2)c(OC)c1. The molecule has 0 amide bonds. The van der Waals surface area contributed by atoms with Crippen LogP contribution in [0.2, 0.25) is 0 Å². The first-order valence-corrected chi connectivity index (χ1v) is 11.8. The highest BCUT2D eigenvalue weighted by atomic mass is 32.2. The van der Waals surface area contributed by atoms with Crippen LogP contribution in [0.3, 0.4) is 0 Å². The molecule has 2 aromatic carbocycles. The van der Waals surface area contributed by atoms with E-state index in [1.54, 1.807) is 12.1 Å². The third kappa shape index (κ3) is 4.77. The molecule has 1 aliphatic heterocycles. The monoisotopic (exact) mass is 458 g/mol. The Morgan fingerprint density at radius 1 is 0.969 bits per heavy atom. The fourth-order valence-electron chi connectivity index (χ4n) is 3.63. The van der Waals surface area contributed by atoms with Crippen LogP contribution in [-0.4, -0.2) is 74.8 Å². The van der Waals surface area contributed by atoms with Gasteiger partial charge in [-0.2, -0.15) is 4.31 Å². The lowest BCUT2D eigenvalue weighted by molar-refractivity contribution is 0.186. The highest BCUT2D eigenvalue weighted by Gasteiger charge is 2.31. The third-order valence-corrected chi connectivity index (χ3v) is 7.39. The van der Waals surface area contributed by atoms with Crippen LogP contribution < -0.4 is 9.47 Å². The molecular formula is C22H26N4O5S. The number of ether oxygens (including phenoxy) is 2. The number of benzene rings is 2. The van der Waals surface area contributed by atoms with Crippen molar-refractivity contribution < 1.29 is 22.3 Å². The lowest BCUT2D eigenvalue weighted by Gasteiger charge is -2.33. The average Bonchev–Trinajstić information content (AvgIpc) is 3.32. The molecule has 0 saturated carbocycles. The predicted octanol–water partition coefficient (Wildman–Crippen LogP) is 2.30. The van der Waals surface area contributed by atoms with Gasteiger partial charge < -0.3 is 18.8 Å². The third-order valence-electron chi connectivity index (χ3n) is 5.45. The summed E-state index contributed by atoms with van der Waals surface area (Å²) in [5.41, 5.74) is 0.888. The number of rotatable bonds is 8. The summed E-state index contributed by atoms with van der Waals surface area (Å²) < 4.78 is 44.0. The van der Waals surface area contributed by atoms with Gasteiger partial charge in [-0.25, -0.2) is 8.42 Å². The standard InChI is InChI=1S/C22H26N4O5S/c1-29-18-8-9-20(19(16-18)30-2)32(27,28)26-14-12-25(13-15-26)11-10-21-23-24-22(31-21)17-6-4-3-5-7-17/h3-9,16H,10-15H2,1-2H3. The van der Waals surface area contributed by atoms with Crippen molar-refractivity contribution >= 4 is 10.0 Å². The molecule has 0 radical (unpaired) electrons. The summed E-state index contributed by atoms with van der Waals surface area (Å²) in [6, 6.07) is 14.4. The van der Waals surface area contributed by atoms with E-state index < -0.39 is 10.0 Å². The lowest BCUT2D eigenvalue weighted by Crippen LogP contribution is -2.49. The van der Waals surface area contributed by atoms with Gasteiger partial charge in [0.05, 0.1) is 14.2 Å². The second kappa shape index (κ2) is 9.68. The van der Waals surface area contributed by atoms with Gasteiger partial charge in [0.2, 0.25) is 21.8 Å². The second-order valence-corrected chi connectivity index (χ2v) is 9.29. The van der Waals surface area contributed by atoms with Crippen LogP contribution in [0.5, 0.6) is 11.5 Å². The van der Waals surface area contributed by atoms with Crippen LogP contribution in [0.15, 0.2) is 57.8 Å². The highest BCUT2D eigenvalue weighted by molar-refractivity contribution is 7.89. The summed E-state index contributed by atoms with van der Waals surface area (Å²) in [6.07, 6.45) is 0.610. The molecule has 10 heteroatoms. The molecule has 170 valence electrons. The summed E-state index contributed by atoms with van der Waals surface area (Å²) in [4.78, 5) is 2.34. The van der Waals surface area contributed by atoms with Crippen molar-refractivity contribution in [3.05, 3.63) is 54.4 Å². The Labute approximate surface area is 187 Å². The maximum absolute atomic E-state index is 13.1. The Morgan fingerprint density at radius 2 is 1.72 bits per heavy atom. The Hall–Kier alpha value is -2.95. The van der Waals surface area contributed by atoms with Crippen molar-refractivity contribution in [1.82, 2.24) is 19.4 Å². The van der Waals surface area contributed by atoms with Crippen molar-refractivity contribution in [2.75, 3.05) is 46.9 Å². The molecule has 3 aromatic rings. The molecule has 0 aliphatic carbocycles. The largest absolute Gasteiger partial charge is 0.497 e. The van der Waals surface area contributed by atoms with Crippen LogP contribution in [0, 0.1) is 0 Å². The minimum atomic E-state index is -3.66. The van der Waals surface area contributed by atoms with E-state index in [0.717, 1.165) is 12.1 Å². The van der Waals surface area contributed by atoms with Gasteiger partial charge >= 0.3 is 0 Å². The van der Waals surface area contributed by atoms with Gasteiger partial charge in [-0.3, -0.25) is 0 Å². The molecule has 1 saturated heterocycles. The molecule has 1 fully saturated rings. The van der Waals surface area contributed by atoms with Crippen LogP contribution in [0.1, 0.15) is 5.89 Å². The summed E-state index contributed by atoms with van der Waals surface area (Å²) >= 11 is 0. The van der Waals surface area contributed by atoms with E-state index in [4.69, 9.17) is 13.9 Å². The predicted molar refractivity (Wildman–Crippen MR) is 118 cm³/mol. The maximum Gasteiger partial charge on any atom is 0.247 e. The quantitative estimate of drug-likeness (QED) is 0.507. The number of hydrogen-bond acceptors (Lipinski definition) is 8. The van der Waals surface area contributed by atoms with Gasteiger partial charge in [-0.1, -0.05) is 18.2 Å². The summed E-state index contributed by atoms with van der Waals surface area (Å²) in [5, 5.41) is 8.24. The summed E-state index contributed by atoms with van der Waals surface area (Å²) in [5.74, 6) is 1.89. The maximum atomic E-state index is 13.1. The van der Waals surface area contributed by atoms with E-state index in [1.807, 2.05) is 30.3 Å². The van der Waals surface area contributed by atoms with Gasteiger partial charge in [0, 0.05) is 50.8 Å². The van der Waals surface area contributed by atoms with Crippen molar-refractivity contribution in [3.8, 4) is 23.0 Å². The first-order valence-electron chi connectivity index (χ1n) is 10.3. The Morgan fingerprint density at radius 3 is 2.41 bits per heavy atom. The molecule has 9 nitrogen and oxygen atoms in total. The molecule has 1 aliphatic rings. The van der Waals surface area contributed by atoms with Crippen molar-refractivity contribution in [3.63, 3.8) is 0 Å². The van der Waals surface area contributed by atoms with E-state index in [-0.39, 0.29) is 10.6 Å². The Bertz CT molecular complexity index is 1140. The van der Waals surface area contributed by atoms with Gasteiger partial charge in [-0.15, -0.1) is 10.2 Å². The highest BCUT2D eigenvalue weighted by Crippen LogP contribution is 2.31. The van der Waals surface area contributed by atoms with Crippen molar-refractivity contribution in [1.29, 1.82) is 0 Å². The van der Waals surface area contributed by atoms with E-state index >= 15 is 0 Å². The molecule has 0 bridgehead atoms. The number of hydrogen-bond donors (Lipinski definition) is 0. The number of piperazine rings is 1. The zero-order valence-corrected chi connectivity index (χ0v) is 18.9. The van der Waals surface area contributed by atoms with E-state index in [9.17, 15) is 8.42 Å². The first kappa shape index (κ1) is 22.3. The van der Waals surface area contributed by atoms with E-state index in [1.165, 1.54) is 24.6 Å². The van der Waals surface area contributed by atoms with Crippen LogP contribution >= 0.6 is 0 Å². The van der Waals surface area contributed by atoms with Gasteiger partial charge in [-0.05, 0) is 24.3 Å². The van der Waals surface area contributed by atoms with E-state index in [0.29, 0.717) is 50.1 Å². The van der Waals surface area contributed by atoms with Crippen LogP contribution in [0.4, 0.5) is 0 Å². The summed E-state index contributed by atoms with van der Waals surface area (Å²) in [7, 11) is -0.685. The second-order valence-electron chi connectivity index (χ2n) is 7.38. The molecule has 4 rings (SSSR count). The minimum Gasteiger partial charge on any atom is -0.497 e. The summed E-state index contributed by atoms with van der Waals surface area (Å²) in [6.45, 7) is 2.76. The van der Waals surface area contributed by atoms with Crippen molar-refractivity contribution in [2.24, 2.45) is 0 Å². The molecule has 0 N–H and O–H groups in total. The molecule has 0 atom stereocenters. The molecule has 32 heavy (non-hydrogen) atoms. The fourth-order valence-corrected chi connectivity index (χ4v) is 5.19. The zero-order chi connectivity index (χ0) is 22.6. The topological polar surface area (TPSA) is 98.0 Å².